The quantitative estimate of drug-likeness (QED) is 0.697. The van der Waals surface area contributed by atoms with Gasteiger partial charge in [-0.05, 0) is 72.4 Å². The van der Waals surface area contributed by atoms with E-state index in [-0.39, 0.29) is 11.4 Å². The van der Waals surface area contributed by atoms with Crippen LogP contribution in [0.4, 0.5) is 4.39 Å². The van der Waals surface area contributed by atoms with Crippen LogP contribution in [0.1, 0.15) is 67.3 Å². The van der Waals surface area contributed by atoms with Crippen LogP contribution in [0.15, 0.2) is 42.5 Å². The largest absolute Gasteiger partial charge is 0.478 e. The molecule has 0 saturated heterocycles. The van der Waals surface area contributed by atoms with Crippen LogP contribution < -0.4 is 0 Å². The third-order valence-corrected chi connectivity index (χ3v) is 5.44. The van der Waals surface area contributed by atoms with E-state index >= 15 is 0 Å². The summed E-state index contributed by atoms with van der Waals surface area (Å²) in [6.07, 6.45) is 7.40. The molecule has 0 radical (unpaired) electrons. The Hall–Kier alpha value is -2.16. The minimum atomic E-state index is -0.947. The molecule has 0 bridgehead atoms. The molecule has 1 fully saturated rings. The van der Waals surface area contributed by atoms with Crippen molar-refractivity contribution in [3.05, 3.63) is 59.4 Å². The summed E-state index contributed by atoms with van der Waals surface area (Å²) in [4.78, 5) is 11.6. The minimum Gasteiger partial charge on any atom is -0.478 e. The van der Waals surface area contributed by atoms with Crippen LogP contribution >= 0.6 is 0 Å². The molecule has 1 saturated carbocycles. The van der Waals surface area contributed by atoms with Gasteiger partial charge in [-0.25, -0.2) is 9.18 Å². The first-order chi connectivity index (χ1) is 12.1. The molecule has 3 rings (SSSR count). The highest BCUT2D eigenvalue weighted by atomic mass is 19.1. The van der Waals surface area contributed by atoms with E-state index in [0.29, 0.717) is 11.5 Å². The van der Waals surface area contributed by atoms with Gasteiger partial charge in [-0.15, -0.1) is 0 Å². The van der Waals surface area contributed by atoms with E-state index in [0.717, 1.165) is 11.5 Å². The zero-order valence-electron chi connectivity index (χ0n) is 14.7. The highest BCUT2D eigenvalue weighted by molar-refractivity contribution is 5.96. The van der Waals surface area contributed by atoms with E-state index in [1.54, 1.807) is 18.2 Å². The molecule has 0 spiro atoms. The summed E-state index contributed by atoms with van der Waals surface area (Å²) in [7, 11) is 0. The summed E-state index contributed by atoms with van der Waals surface area (Å²) in [5.41, 5.74) is 2.91. The van der Waals surface area contributed by atoms with Gasteiger partial charge < -0.3 is 5.11 Å². The molecule has 25 heavy (non-hydrogen) atoms. The Kier molecular flexibility index (Phi) is 5.52. The number of carboxylic acid groups (broad SMARTS) is 1. The molecule has 0 atom stereocenters. The van der Waals surface area contributed by atoms with E-state index < -0.39 is 5.97 Å². The Balaban J connectivity index is 1.88. The Morgan fingerprint density at radius 3 is 2.36 bits per heavy atom. The molecule has 2 aromatic rings. The first-order valence-electron chi connectivity index (χ1n) is 9.21. The fourth-order valence-corrected chi connectivity index (χ4v) is 4.06. The number of benzene rings is 2. The lowest BCUT2D eigenvalue weighted by atomic mass is 9.76. The van der Waals surface area contributed by atoms with Crippen molar-refractivity contribution in [2.24, 2.45) is 5.92 Å². The Bertz CT molecular complexity index is 728. The molecule has 1 N–H and O–H groups in total. The number of hydrogen-bond acceptors (Lipinski definition) is 1. The fourth-order valence-electron chi connectivity index (χ4n) is 4.06. The van der Waals surface area contributed by atoms with Crippen molar-refractivity contribution < 1.29 is 14.3 Å². The van der Waals surface area contributed by atoms with Crippen molar-refractivity contribution in [2.75, 3.05) is 0 Å². The minimum absolute atomic E-state index is 0.273. The molecule has 0 amide bonds. The second-order valence-electron chi connectivity index (χ2n) is 7.12. The zero-order valence-corrected chi connectivity index (χ0v) is 14.7. The van der Waals surface area contributed by atoms with Crippen molar-refractivity contribution >= 4 is 5.97 Å². The van der Waals surface area contributed by atoms with Gasteiger partial charge >= 0.3 is 5.97 Å². The summed E-state index contributed by atoms with van der Waals surface area (Å²) in [6, 6.07) is 11.7. The first-order valence-corrected chi connectivity index (χ1v) is 9.21. The summed E-state index contributed by atoms with van der Waals surface area (Å²) < 4.78 is 13.2. The molecule has 2 aromatic carbocycles. The molecule has 2 nitrogen and oxygen atoms in total. The van der Waals surface area contributed by atoms with Crippen molar-refractivity contribution in [1.29, 1.82) is 0 Å². The molecule has 0 heterocycles. The highest BCUT2D eigenvalue weighted by Crippen LogP contribution is 2.39. The van der Waals surface area contributed by atoms with Crippen LogP contribution in [0.2, 0.25) is 0 Å². The zero-order chi connectivity index (χ0) is 17.8. The highest BCUT2D eigenvalue weighted by Gasteiger charge is 2.23. The Morgan fingerprint density at radius 1 is 1.08 bits per heavy atom. The van der Waals surface area contributed by atoms with Gasteiger partial charge in [0.1, 0.15) is 5.82 Å². The lowest BCUT2D eigenvalue weighted by molar-refractivity contribution is 0.0697. The molecule has 0 aromatic heterocycles. The number of hydrogen-bond donors (Lipinski definition) is 1. The topological polar surface area (TPSA) is 37.3 Å². The molecule has 0 unspecified atom stereocenters. The van der Waals surface area contributed by atoms with Gasteiger partial charge in [0, 0.05) is 0 Å². The predicted octanol–water partition coefficient (Wildman–Crippen LogP) is 6.26. The summed E-state index contributed by atoms with van der Waals surface area (Å²) in [5.74, 6) is 0.0785. The van der Waals surface area contributed by atoms with Crippen molar-refractivity contribution in [3.8, 4) is 11.1 Å². The van der Waals surface area contributed by atoms with Gasteiger partial charge in [-0.2, -0.15) is 0 Å². The number of rotatable bonds is 5. The van der Waals surface area contributed by atoms with Gasteiger partial charge in [0.25, 0.3) is 0 Å². The smallest absolute Gasteiger partial charge is 0.336 e. The van der Waals surface area contributed by atoms with Crippen molar-refractivity contribution in [1.82, 2.24) is 0 Å². The molecular formula is C22H25FO2. The summed E-state index contributed by atoms with van der Waals surface area (Å²) >= 11 is 0. The van der Waals surface area contributed by atoms with Crippen LogP contribution in [0.25, 0.3) is 11.1 Å². The maximum absolute atomic E-state index is 13.2. The summed E-state index contributed by atoms with van der Waals surface area (Å²) in [6.45, 7) is 2.24. The lowest BCUT2D eigenvalue weighted by Crippen LogP contribution is -2.13. The molecule has 0 aliphatic heterocycles. The van der Waals surface area contributed by atoms with Crippen molar-refractivity contribution in [2.45, 2.75) is 51.4 Å². The third-order valence-electron chi connectivity index (χ3n) is 5.44. The monoisotopic (exact) mass is 340 g/mol. The average Bonchev–Trinajstić information content (AvgIpc) is 2.63. The standard InChI is InChI=1S/C22H25FO2/c1-2-3-15-4-6-16(7-5-15)18-10-13-20(22(24)25)21(14-18)17-8-11-19(23)12-9-17/h8-16H,2-7H2,1H3,(H,24,25). The van der Waals surface area contributed by atoms with Crippen LogP contribution in [-0.4, -0.2) is 11.1 Å². The Labute approximate surface area is 148 Å². The Morgan fingerprint density at radius 2 is 1.76 bits per heavy atom. The van der Waals surface area contributed by atoms with E-state index in [9.17, 15) is 14.3 Å². The van der Waals surface area contributed by atoms with Gasteiger partial charge in [0.2, 0.25) is 0 Å². The number of halogens is 1. The van der Waals surface area contributed by atoms with Gasteiger partial charge in [0.05, 0.1) is 5.56 Å². The maximum Gasteiger partial charge on any atom is 0.336 e. The maximum atomic E-state index is 13.2. The third kappa shape index (κ3) is 4.09. The van der Waals surface area contributed by atoms with Crippen LogP contribution in [0, 0.1) is 11.7 Å². The number of carbonyl (C=O) groups is 1. The number of carboxylic acids is 1. The fraction of sp³-hybridized carbons (Fsp3) is 0.409. The molecule has 132 valence electrons. The van der Waals surface area contributed by atoms with E-state index in [2.05, 4.69) is 6.92 Å². The number of aromatic carboxylic acids is 1. The van der Waals surface area contributed by atoms with E-state index in [1.165, 1.54) is 56.2 Å². The van der Waals surface area contributed by atoms with Crippen LogP contribution in [0.3, 0.4) is 0 Å². The van der Waals surface area contributed by atoms with Crippen LogP contribution in [0.5, 0.6) is 0 Å². The predicted molar refractivity (Wildman–Crippen MR) is 98.4 cm³/mol. The normalized spacial score (nSPS) is 20.4. The average molecular weight is 340 g/mol. The van der Waals surface area contributed by atoms with E-state index in [1.807, 2.05) is 12.1 Å². The van der Waals surface area contributed by atoms with Crippen molar-refractivity contribution in [3.63, 3.8) is 0 Å². The van der Waals surface area contributed by atoms with Crippen LogP contribution in [-0.2, 0) is 0 Å². The van der Waals surface area contributed by atoms with Gasteiger partial charge in [-0.1, -0.05) is 44.0 Å². The second kappa shape index (κ2) is 7.81. The molecule has 1 aliphatic carbocycles. The van der Waals surface area contributed by atoms with Gasteiger partial charge in [0.15, 0.2) is 0 Å². The first kappa shape index (κ1) is 17.7. The lowest BCUT2D eigenvalue weighted by Gasteiger charge is -2.29. The van der Waals surface area contributed by atoms with E-state index in [4.69, 9.17) is 0 Å². The van der Waals surface area contributed by atoms with Gasteiger partial charge in [-0.3, -0.25) is 0 Å². The molecule has 1 aliphatic rings. The molecule has 3 heteroatoms. The second-order valence-corrected chi connectivity index (χ2v) is 7.12. The molecular weight excluding hydrogens is 315 g/mol. The summed E-state index contributed by atoms with van der Waals surface area (Å²) in [5, 5.41) is 9.50. The SMILES string of the molecule is CCCC1CCC(c2ccc(C(=O)O)c(-c3ccc(F)cc3)c2)CC1.